The summed E-state index contributed by atoms with van der Waals surface area (Å²) in [5, 5.41) is 12.7. The first kappa shape index (κ1) is 15.7. The fourth-order valence-corrected chi connectivity index (χ4v) is 3.27. The molecule has 0 aliphatic heterocycles. The molecule has 2 aromatic heterocycles. The molecule has 0 saturated heterocycles. The third-order valence-electron chi connectivity index (χ3n) is 4.55. The first-order valence-corrected chi connectivity index (χ1v) is 8.39. The van der Waals surface area contributed by atoms with Gasteiger partial charge in [0.2, 0.25) is 0 Å². The molecule has 126 valence electrons. The number of rotatable bonds is 3. The van der Waals surface area contributed by atoms with Crippen LogP contribution in [-0.2, 0) is 7.05 Å². The number of amides is 1. The fourth-order valence-electron chi connectivity index (χ4n) is 3.11. The number of carbonyl (C=O) groups excluding carboxylic acids is 1. The van der Waals surface area contributed by atoms with Crippen molar-refractivity contribution in [3.8, 4) is 0 Å². The summed E-state index contributed by atoms with van der Waals surface area (Å²) >= 11 is 6.06. The Morgan fingerprint density at radius 3 is 2.88 bits per heavy atom. The minimum atomic E-state index is -0.117. The SMILES string of the molecule is CC(NC(=O)c1cc2ccc(Cl)cc2n1C)c1ccc2[nH]ncc2c1. The largest absolute Gasteiger partial charge is 0.344 e. The molecule has 1 unspecified atom stereocenters. The number of hydrogen-bond donors (Lipinski definition) is 2. The molecule has 6 heteroatoms. The molecule has 1 amide bonds. The highest BCUT2D eigenvalue weighted by Gasteiger charge is 2.17. The second kappa shape index (κ2) is 5.93. The third-order valence-corrected chi connectivity index (χ3v) is 4.79. The van der Waals surface area contributed by atoms with Crippen molar-refractivity contribution in [2.45, 2.75) is 13.0 Å². The second-order valence-corrected chi connectivity index (χ2v) is 6.64. The standard InChI is InChI=1S/C19H17ClN4O/c1-11(12-4-6-16-14(7-12)10-21-23-16)22-19(25)18-8-13-3-5-15(20)9-17(13)24(18)2/h3-11H,1-2H3,(H,21,23)(H,22,25). The van der Waals surface area contributed by atoms with Crippen molar-refractivity contribution < 1.29 is 4.79 Å². The van der Waals surface area contributed by atoms with Crippen LogP contribution in [-0.4, -0.2) is 20.7 Å². The van der Waals surface area contributed by atoms with Gasteiger partial charge in [-0.2, -0.15) is 5.10 Å². The van der Waals surface area contributed by atoms with E-state index in [4.69, 9.17) is 11.6 Å². The number of aromatic nitrogens is 3. The summed E-state index contributed by atoms with van der Waals surface area (Å²) in [6.45, 7) is 1.97. The summed E-state index contributed by atoms with van der Waals surface area (Å²) in [6.07, 6.45) is 1.78. The number of halogens is 1. The molecular weight excluding hydrogens is 336 g/mol. The Labute approximate surface area is 149 Å². The van der Waals surface area contributed by atoms with Crippen LogP contribution < -0.4 is 5.32 Å². The van der Waals surface area contributed by atoms with E-state index in [1.54, 1.807) is 6.20 Å². The van der Waals surface area contributed by atoms with Crippen LogP contribution in [0.5, 0.6) is 0 Å². The van der Waals surface area contributed by atoms with Gasteiger partial charge < -0.3 is 9.88 Å². The van der Waals surface area contributed by atoms with Crippen LogP contribution in [0.3, 0.4) is 0 Å². The van der Waals surface area contributed by atoms with E-state index in [-0.39, 0.29) is 11.9 Å². The highest BCUT2D eigenvalue weighted by molar-refractivity contribution is 6.31. The Morgan fingerprint density at radius 1 is 1.20 bits per heavy atom. The lowest BCUT2D eigenvalue weighted by atomic mass is 10.1. The van der Waals surface area contributed by atoms with Crippen molar-refractivity contribution in [2.24, 2.45) is 7.05 Å². The molecular formula is C19H17ClN4O. The van der Waals surface area contributed by atoms with Gasteiger partial charge in [0.15, 0.2) is 0 Å². The first-order valence-electron chi connectivity index (χ1n) is 8.02. The number of carbonyl (C=O) groups is 1. The van der Waals surface area contributed by atoms with Gasteiger partial charge in [-0.3, -0.25) is 9.89 Å². The Bertz CT molecular complexity index is 1100. The normalized spacial score (nSPS) is 12.6. The van der Waals surface area contributed by atoms with Crippen LogP contribution in [0.2, 0.25) is 5.02 Å². The Hall–Kier alpha value is -2.79. The summed E-state index contributed by atoms with van der Waals surface area (Å²) in [4.78, 5) is 12.7. The molecule has 0 aliphatic rings. The van der Waals surface area contributed by atoms with Crippen LogP contribution in [0, 0.1) is 0 Å². The summed E-state index contributed by atoms with van der Waals surface area (Å²) < 4.78 is 1.86. The van der Waals surface area contributed by atoms with Crippen molar-refractivity contribution in [3.05, 3.63) is 64.9 Å². The summed E-state index contributed by atoms with van der Waals surface area (Å²) in [6, 6.07) is 13.4. The molecule has 25 heavy (non-hydrogen) atoms. The maximum Gasteiger partial charge on any atom is 0.268 e. The molecule has 5 nitrogen and oxygen atoms in total. The van der Waals surface area contributed by atoms with Gasteiger partial charge in [0.25, 0.3) is 5.91 Å². The number of aromatic amines is 1. The predicted molar refractivity (Wildman–Crippen MR) is 99.9 cm³/mol. The van der Waals surface area contributed by atoms with E-state index in [2.05, 4.69) is 15.5 Å². The van der Waals surface area contributed by atoms with Crippen molar-refractivity contribution in [3.63, 3.8) is 0 Å². The highest BCUT2D eigenvalue weighted by Crippen LogP contribution is 2.24. The van der Waals surface area contributed by atoms with Crippen molar-refractivity contribution in [1.29, 1.82) is 0 Å². The average molecular weight is 353 g/mol. The minimum Gasteiger partial charge on any atom is -0.344 e. The molecule has 2 N–H and O–H groups in total. The van der Waals surface area contributed by atoms with E-state index < -0.39 is 0 Å². The van der Waals surface area contributed by atoms with Crippen molar-refractivity contribution >= 4 is 39.3 Å². The van der Waals surface area contributed by atoms with Gasteiger partial charge in [0.1, 0.15) is 5.69 Å². The monoisotopic (exact) mass is 352 g/mol. The van der Waals surface area contributed by atoms with E-state index >= 15 is 0 Å². The first-order chi connectivity index (χ1) is 12.0. The molecule has 0 bridgehead atoms. The predicted octanol–water partition coefficient (Wildman–Crippen LogP) is 4.20. The topological polar surface area (TPSA) is 62.7 Å². The zero-order chi connectivity index (χ0) is 17.6. The lowest BCUT2D eigenvalue weighted by molar-refractivity contribution is 0.0932. The molecule has 2 aromatic carbocycles. The van der Waals surface area contributed by atoms with Crippen LogP contribution in [0.25, 0.3) is 21.8 Å². The van der Waals surface area contributed by atoms with Gasteiger partial charge in [-0.1, -0.05) is 23.7 Å². The third kappa shape index (κ3) is 2.76. The molecule has 2 heterocycles. The smallest absolute Gasteiger partial charge is 0.268 e. The second-order valence-electron chi connectivity index (χ2n) is 6.20. The molecule has 0 aliphatic carbocycles. The summed E-state index contributed by atoms with van der Waals surface area (Å²) in [7, 11) is 1.87. The zero-order valence-corrected chi connectivity index (χ0v) is 14.6. The van der Waals surface area contributed by atoms with Gasteiger partial charge in [0, 0.05) is 28.4 Å². The van der Waals surface area contributed by atoms with Gasteiger partial charge >= 0.3 is 0 Å². The molecule has 0 saturated carbocycles. The van der Waals surface area contributed by atoms with Gasteiger partial charge in [-0.25, -0.2) is 0 Å². The van der Waals surface area contributed by atoms with Gasteiger partial charge in [-0.05, 0) is 42.8 Å². The van der Waals surface area contributed by atoms with Crippen LogP contribution in [0.15, 0.2) is 48.7 Å². The maximum absolute atomic E-state index is 12.7. The minimum absolute atomic E-state index is 0.116. The molecule has 0 spiro atoms. The van der Waals surface area contributed by atoms with E-state index in [0.717, 1.165) is 27.4 Å². The van der Waals surface area contributed by atoms with Gasteiger partial charge in [0.05, 0.1) is 17.8 Å². The number of nitrogens with zero attached hydrogens (tertiary/aromatic N) is 2. The highest BCUT2D eigenvalue weighted by atomic mass is 35.5. The summed E-state index contributed by atoms with van der Waals surface area (Å²) in [5.41, 5.74) is 3.55. The lowest BCUT2D eigenvalue weighted by Crippen LogP contribution is -2.28. The maximum atomic E-state index is 12.7. The number of aryl methyl sites for hydroxylation is 1. The average Bonchev–Trinajstić information content (AvgIpc) is 3.19. The van der Waals surface area contributed by atoms with E-state index in [9.17, 15) is 4.79 Å². The zero-order valence-electron chi connectivity index (χ0n) is 13.9. The Kier molecular flexibility index (Phi) is 3.73. The van der Waals surface area contributed by atoms with E-state index in [0.29, 0.717) is 10.7 Å². The molecule has 0 fully saturated rings. The number of fused-ring (bicyclic) bond motifs is 2. The fraction of sp³-hybridized carbons (Fsp3) is 0.158. The number of hydrogen-bond acceptors (Lipinski definition) is 2. The number of benzene rings is 2. The summed E-state index contributed by atoms with van der Waals surface area (Å²) in [5.74, 6) is -0.116. The lowest BCUT2D eigenvalue weighted by Gasteiger charge is -2.15. The van der Waals surface area contributed by atoms with Crippen molar-refractivity contribution in [1.82, 2.24) is 20.1 Å². The van der Waals surface area contributed by atoms with Crippen LogP contribution in [0.4, 0.5) is 0 Å². The van der Waals surface area contributed by atoms with E-state index in [1.165, 1.54) is 0 Å². The van der Waals surface area contributed by atoms with Crippen molar-refractivity contribution in [2.75, 3.05) is 0 Å². The Balaban J connectivity index is 1.61. The molecule has 1 atom stereocenters. The number of nitrogens with one attached hydrogen (secondary N) is 2. The van der Waals surface area contributed by atoms with Crippen LogP contribution >= 0.6 is 11.6 Å². The Morgan fingerprint density at radius 2 is 2.04 bits per heavy atom. The number of H-pyrrole nitrogens is 1. The van der Waals surface area contributed by atoms with E-state index in [1.807, 2.05) is 61.0 Å². The molecule has 4 rings (SSSR count). The quantitative estimate of drug-likeness (QED) is 0.580. The van der Waals surface area contributed by atoms with Crippen LogP contribution in [0.1, 0.15) is 29.0 Å². The molecule has 0 radical (unpaired) electrons. The molecule has 4 aromatic rings. The van der Waals surface area contributed by atoms with Gasteiger partial charge in [-0.15, -0.1) is 0 Å².